The van der Waals surface area contributed by atoms with E-state index in [1.54, 1.807) is 6.07 Å². The molecule has 0 bridgehead atoms. The van der Waals surface area contributed by atoms with Crippen LogP contribution in [-0.2, 0) is 22.2 Å². The van der Waals surface area contributed by atoms with E-state index < -0.39 is 17.6 Å². The number of amides is 1. The van der Waals surface area contributed by atoms with Crippen LogP contribution < -0.4 is 0 Å². The molecule has 0 spiro atoms. The SMILES string of the molecule is COCCc1c(C(=O)N(C)OC)cnn1-c1ccnc2cc(C(F)(F)F)ccc12. The molecule has 0 unspecified atom stereocenters. The molecule has 0 atom stereocenters. The van der Waals surface area contributed by atoms with Gasteiger partial charge >= 0.3 is 6.18 Å². The van der Waals surface area contributed by atoms with Crippen LogP contribution in [0.1, 0.15) is 21.6 Å². The summed E-state index contributed by atoms with van der Waals surface area (Å²) < 4.78 is 45.7. The summed E-state index contributed by atoms with van der Waals surface area (Å²) in [6, 6.07) is 4.97. The number of nitrogens with zero attached hydrogens (tertiary/aromatic N) is 4. The summed E-state index contributed by atoms with van der Waals surface area (Å²) in [7, 11) is 4.37. The second kappa shape index (κ2) is 8.18. The standard InChI is InChI=1S/C19H19F3N4O3/c1-25(29-3)18(27)14-11-24-26(17(14)7-9-28-2)16-6-8-23-15-10-12(19(20,21)22)4-5-13(15)16/h4-6,8,10-11H,7,9H2,1-3H3. The van der Waals surface area contributed by atoms with Crippen molar-refractivity contribution in [3.8, 4) is 5.69 Å². The average molecular weight is 408 g/mol. The fourth-order valence-corrected chi connectivity index (χ4v) is 2.95. The molecule has 1 aromatic carbocycles. The van der Waals surface area contributed by atoms with Crippen molar-refractivity contribution in [1.82, 2.24) is 19.8 Å². The molecule has 0 aliphatic heterocycles. The lowest BCUT2D eigenvalue weighted by Crippen LogP contribution is -2.26. The zero-order valence-electron chi connectivity index (χ0n) is 16.0. The monoisotopic (exact) mass is 408 g/mol. The molecule has 2 heterocycles. The van der Waals surface area contributed by atoms with Crippen LogP contribution in [-0.4, -0.2) is 53.6 Å². The number of methoxy groups -OCH3 is 1. The van der Waals surface area contributed by atoms with E-state index in [0.29, 0.717) is 35.4 Å². The van der Waals surface area contributed by atoms with Crippen molar-refractivity contribution in [3.63, 3.8) is 0 Å². The largest absolute Gasteiger partial charge is 0.416 e. The van der Waals surface area contributed by atoms with Crippen LogP contribution in [0.4, 0.5) is 13.2 Å². The van der Waals surface area contributed by atoms with Gasteiger partial charge in [0.1, 0.15) is 0 Å². The van der Waals surface area contributed by atoms with Gasteiger partial charge in [-0.2, -0.15) is 18.3 Å². The Morgan fingerprint density at radius 3 is 2.66 bits per heavy atom. The minimum Gasteiger partial charge on any atom is -0.384 e. The van der Waals surface area contributed by atoms with E-state index in [0.717, 1.165) is 17.2 Å². The number of carbonyl (C=O) groups is 1. The van der Waals surface area contributed by atoms with Gasteiger partial charge in [-0.25, -0.2) is 9.75 Å². The Bertz CT molecular complexity index is 1030. The average Bonchev–Trinajstić information content (AvgIpc) is 3.12. The third-order valence-electron chi connectivity index (χ3n) is 4.48. The normalized spacial score (nSPS) is 11.8. The first-order chi connectivity index (χ1) is 13.8. The van der Waals surface area contributed by atoms with Crippen molar-refractivity contribution in [2.24, 2.45) is 0 Å². The number of ether oxygens (including phenoxy) is 1. The molecule has 29 heavy (non-hydrogen) atoms. The minimum absolute atomic E-state index is 0.174. The Balaban J connectivity index is 2.16. The van der Waals surface area contributed by atoms with Gasteiger partial charge < -0.3 is 4.74 Å². The van der Waals surface area contributed by atoms with Gasteiger partial charge in [-0.1, -0.05) is 6.07 Å². The lowest BCUT2D eigenvalue weighted by molar-refractivity contribution is -0.137. The molecule has 3 aromatic rings. The van der Waals surface area contributed by atoms with Gasteiger partial charge in [0.2, 0.25) is 0 Å². The Hall–Kier alpha value is -2.98. The molecule has 0 N–H and O–H groups in total. The van der Waals surface area contributed by atoms with Gasteiger partial charge in [-0.3, -0.25) is 14.6 Å². The zero-order chi connectivity index (χ0) is 21.2. The first-order valence-corrected chi connectivity index (χ1v) is 8.62. The second-order valence-corrected chi connectivity index (χ2v) is 6.20. The maximum atomic E-state index is 13.0. The van der Waals surface area contributed by atoms with Crippen LogP contribution in [0.5, 0.6) is 0 Å². The number of hydroxylamine groups is 2. The van der Waals surface area contributed by atoms with Gasteiger partial charge in [0, 0.05) is 32.2 Å². The van der Waals surface area contributed by atoms with Crippen LogP contribution in [0, 0.1) is 0 Å². The van der Waals surface area contributed by atoms with Gasteiger partial charge in [0.25, 0.3) is 5.91 Å². The molecule has 0 aliphatic rings. The van der Waals surface area contributed by atoms with Crippen LogP contribution in [0.15, 0.2) is 36.7 Å². The third kappa shape index (κ3) is 4.08. The van der Waals surface area contributed by atoms with Crippen molar-refractivity contribution in [1.29, 1.82) is 0 Å². The van der Waals surface area contributed by atoms with E-state index in [9.17, 15) is 18.0 Å². The molecule has 10 heteroatoms. The fourth-order valence-electron chi connectivity index (χ4n) is 2.95. The maximum Gasteiger partial charge on any atom is 0.416 e. The highest BCUT2D eigenvalue weighted by Gasteiger charge is 2.31. The second-order valence-electron chi connectivity index (χ2n) is 6.20. The van der Waals surface area contributed by atoms with Crippen molar-refractivity contribution in [2.75, 3.05) is 27.9 Å². The van der Waals surface area contributed by atoms with E-state index >= 15 is 0 Å². The van der Waals surface area contributed by atoms with E-state index in [-0.39, 0.29) is 5.52 Å². The van der Waals surface area contributed by atoms with Crippen molar-refractivity contribution in [2.45, 2.75) is 12.6 Å². The molecule has 3 rings (SSSR count). The predicted molar refractivity (Wildman–Crippen MR) is 98.5 cm³/mol. The minimum atomic E-state index is -4.47. The lowest BCUT2D eigenvalue weighted by atomic mass is 10.1. The van der Waals surface area contributed by atoms with E-state index in [4.69, 9.17) is 9.57 Å². The quantitative estimate of drug-likeness (QED) is 0.586. The number of fused-ring (bicyclic) bond motifs is 1. The summed E-state index contributed by atoms with van der Waals surface area (Å²) in [6.07, 6.45) is -1.30. The number of hydrogen-bond donors (Lipinski definition) is 0. The van der Waals surface area contributed by atoms with Crippen LogP contribution in [0.25, 0.3) is 16.6 Å². The number of rotatable bonds is 6. The number of benzene rings is 1. The number of halogens is 3. The molecule has 0 saturated heterocycles. The zero-order valence-corrected chi connectivity index (χ0v) is 16.0. The highest BCUT2D eigenvalue weighted by molar-refractivity contribution is 5.95. The molecule has 7 nitrogen and oxygen atoms in total. The highest BCUT2D eigenvalue weighted by atomic mass is 19.4. The Labute approximate surface area is 164 Å². The molecule has 154 valence electrons. The molecular formula is C19H19F3N4O3. The molecule has 0 aliphatic carbocycles. The number of carbonyl (C=O) groups excluding carboxylic acids is 1. The topological polar surface area (TPSA) is 69.5 Å². The summed E-state index contributed by atoms with van der Waals surface area (Å²) in [5.74, 6) is -0.400. The first-order valence-electron chi connectivity index (χ1n) is 8.62. The Morgan fingerprint density at radius 1 is 1.24 bits per heavy atom. The van der Waals surface area contributed by atoms with Gasteiger partial charge in [0.05, 0.1) is 47.9 Å². The smallest absolute Gasteiger partial charge is 0.384 e. The number of aromatic nitrogens is 3. The van der Waals surface area contributed by atoms with Crippen molar-refractivity contribution in [3.05, 3.63) is 53.5 Å². The van der Waals surface area contributed by atoms with Gasteiger partial charge in [-0.15, -0.1) is 0 Å². The summed E-state index contributed by atoms with van der Waals surface area (Å²) in [6.45, 7) is 0.323. The van der Waals surface area contributed by atoms with Gasteiger partial charge in [-0.05, 0) is 18.2 Å². The molecule has 2 aromatic heterocycles. The summed E-state index contributed by atoms with van der Waals surface area (Å²) >= 11 is 0. The van der Waals surface area contributed by atoms with Crippen LogP contribution in [0.3, 0.4) is 0 Å². The number of pyridine rings is 1. The van der Waals surface area contributed by atoms with Crippen molar-refractivity contribution < 1.29 is 27.5 Å². The molecule has 0 fully saturated rings. The fraction of sp³-hybridized carbons (Fsp3) is 0.316. The van der Waals surface area contributed by atoms with E-state index in [1.165, 1.54) is 44.4 Å². The Kier molecular flexibility index (Phi) is 5.85. The lowest BCUT2D eigenvalue weighted by Gasteiger charge is -2.15. The predicted octanol–water partition coefficient (Wildman–Crippen LogP) is 3.26. The van der Waals surface area contributed by atoms with Crippen molar-refractivity contribution >= 4 is 16.8 Å². The highest BCUT2D eigenvalue weighted by Crippen LogP contribution is 2.32. The first kappa shape index (κ1) is 20.7. The molecular weight excluding hydrogens is 389 g/mol. The van der Waals surface area contributed by atoms with E-state index in [2.05, 4.69) is 10.1 Å². The molecule has 1 amide bonds. The van der Waals surface area contributed by atoms with Gasteiger partial charge in [0.15, 0.2) is 0 Å². The van der Waals surface area contributed by atoms with Crippen LogP contribution in [0.2, 0.25) is 0 Å². The van der Waals surface area contributed by atoms with Crippen LogP contribution >= 0.6 is 0 Å². The maximum absolute atomic E-state index is 13.0. The Morgan fingerprint density at radius 2 is 2.00 bits per heavy atom. The van der Waals surface area contributed by atoms with E-state index in [1.807, 2.05) is 0 Å². The third-order valence-corrected chi connectivity index (χ3v) is 4.48. The number of alkyl halides is 3. The summed E-state index contributed by atoms with van der Waals surface area (Å²) in [5.41, 5.74) is 0.755. The molecule has 0 saturated carbocycles. The summed E-state index contributed by atoms with van der Waals surface area (Å²) in [5, 5.41) is 5.85. The summed E-state index contributed by atoms with van der Waals surface area (Å²) in [4.78, 5) is 21.6. The number of hydrogen-bond acceptors (Lipinski definition) is 5. The molecule has 0 radical (unpaired) electrons.